The van der Waals surface area contributed by atoms with Crippen LogP contribution in [-0.4, -0.2) is 17.9 Å². The van der Waals surface area contributed by atoms with Gasteiger partial charge >= 0.3 is 5.97 Å². The smallest absolute Gasteiger partial charge is 0.303 e. The van der Waals surface area contributed by atoms with Gasteiger partial charge in [-0.2, -0.15) is 0 Å². The van der Waals surface area contributed by atoms with Crippen LogP contribution in [0.5, 0.6) is 0 Å². The summed E-state index contributed by atoms with van der Waals surface area (Å²) in [5, 5.41) is 0. The Balaban J connectivity index is 1.60. The molecule has 0 bridgehead atoms. The maximum absolute atomic E-state index is 12.5. The molecule has 0 spiro atoms. The molecule has 0 aromatic carbocycles. The number of carbonyl (C=O) groups is 2. The molecule has 0 aliphatic heterocycles. The summed E-state index contributed by atoms with van der Waals surface area (Å²) in [6, 6.07) is 0. The zero-order valence-electron chi connectivity index (χ0n) is 15.2. The van der Waals surface area contributed by atoms with E-state index < -0.39 is 0 Å². The van der Waals surface area contributed by atoms with E-state index in [1.54, 1.807) is 0 Å². The molecule has 132 valence electrons. The monoisotopic (exact) mass is 330 g/mol. The van der Waals surface area contributed by atoms with E-state index in [9.17, 15) is 9.59 Å². The third-order valence-electron chi connectivity index (χ3n) is 8.18. The van der Waals surface area contributed by atoms with Crippen molar-refractivity contribution >= 4 is 11.8 Å². The summed E-state index contributed by atoms with van der Waals surface area (Å²) in [5.74, 6) is 2.93. The van der Waals surface area contributed by atoms with E-state index in [1.165, 1.54) is 26.2 Å². The van der Waals surface area contributed by atoms with Gasteiger partial charge in [-0.1, -0.05) is 19.9 Å². The quantitative estimate of drug-likeness (QED) is 0.531. The SMILES string of the molecule is CC(=O)O[C@H]1C=C[C@@]2(C)C(CC[C@@H]3[C@@H]2CC[C@]2(C)C(=O)CC[C@@H]32)C1. The number of esters is 1. The molecule has 0 radical (unpaired) electrons. The highest BCUT2D eigenvalue weighted by molar-refractivity contribution is 5.87. The molecular weight excluding hydrogens is 300 g/mol. The third kappa shape index (κ3) is 2.23. The van der Waals surface area contributed by atoms with Gasteiger partial charge in [-0.05, 0) is 73.7 Å². The Bertz CT molecular complexity index is 594. The fraction of sp³-hybridized carbons (Fsp3) is 0.810. The molecule has 4 aliphatic carbocycles. The number of hydrogen-bond acceptors (Lipinski definition) is 3. The van der Waals surface area contributed by atoms with Gasteiger partial charge in [0.15, 0.2) is 0 Å². The lowest BCUT2D eigenvalue weighted by molar-refractivity contribution is -0.147. The van der Waals surface area contributed by atoms with Crippen LogP contribution >= 0.6 is 0 Å². The zero-order valence-corrected chi connectivity index (χ0v) is 15.2. The number of allylic oxidation sites excluding steroid dienone is 1. The van der Waals surface area contributed by atoms with Crippen LogP contribution in [0.25, 0.3) is 0 Å². The van der Waals surface area contributed by atoms with Crippen LogP contribution in [0.4, 0.5) is 0 Å². The van der Waals surface area contributed by atoms with E-state index in [-0.39, 0.29) is 22.9 Å². The van der Waals surface area contributed by atoms with Gasteiger partial charge in [-0.3, -0.25) is 9.59 Å². The minimum absolute atomic E-state index is 0.0387. The topological polar surface area (TPSA) is 43.4 Å². The molecule has 0 N–H and O–H groups in total. The van der Waals surface area contributed by atoms with E-state index in [4.69, 9.17) is 4.74 Å². The van der Waals surface area contributed by atoms with Gasteiger partial charge in [0.2, 0.25) is 0 Å². The largest absolute Gasteiger partial charge is 0.458 e. The van der Waals surface area contributed by atoms with Crippen molar-refractivity contribution in [3.05, 3.63) is 12.2 Å². The first kappa shape index (κ1) is 16.4. The van der Waals surface area contributed by atoms with Crippen LogP contribution in [0.15, 0.2) is 12.2 Å². The molecule has 0 aromatic heterocycles. The Kier molecular flexibility index (Phi) is 3.71. The standard InChI is InChI=1S/C21H30O3/c1-13(22)24-15-8-10-20(2)14(12-15)4-5-16-17-6-7-19(23)21(17,3)11-9-18(16)20/h8,10,14-18H,4-7,9,11-12H2,1-3H3/t14?,15-,16-,17-,18-,20-,21-/m0/s1. The maximum Gasteiger partial charge on any atom is 0.303 e. The van der Waals surface area contributed by atoms with Gasteiger partial charge in [-0.15, -0.1) is 0 Å². The van der Waals surface area contributed by atoms with Gasteiger partial charge in [-0.25, -0.2) is 0 Å². The fourth-order valence-corrected chi connectivity index (χ4v) is 6.85. The summed E-state index contributed by atoms with van der Waals surface area (Å²) in [6.07, 6.45) is 12.0. The van der Waals surface area contributed by atoms with Crippen molar-refractivity contribution in [1.82, 2.24) is 0 Å². The fourth-order valence-electron chi connectivity index (χ4n) is 6.85. The van der Waals surface area contributed by atoms with Crippen molar-refractivity contribution in [3.63, 3.8) is 0 Å². The Hall–Kier alpha value is -1.12. The molecule has 0 heterocycles. The van der Waals surface area contributed by atoms with E-state index in [1.807, 2.05) is 0 Å². The lowest BCUT2D eigenvalue weighted by Crippen LogP contribution is -2.52. The first-order valence-electron chi connectivity index (χ1n) is 9.74. The molecule has 4 aliphatic rings. The Morgan fingerprint density at radius 2 is 1.96 bits per heavy atom. The molecule has 1 unspecified atom stereocenters. The molecule has 24 heavy (non-hydrogen) atoms. The van der Waals surface area contributed by atoms with Crippen LogP contribution in [0.2, 0.25) is 0 Å². The third-order valence-corrected chi connectivity index (χ3v) is 8.18. The first-order valence-corrected chi connectivity index (χ1v) is 9.74. The van der Waals surface area contributed by atoms with Crippen molar-refractivity contribution in [3.8, 4) is 0 Å². The molecule has 3 heteroatoms. The highest BCUT2D eigenvalue weighted by Crippen LogP contribution is 2.64. The minimum atomic E-state index is -0.181. The van der Waals surface area contributed by atoms with Gasteiger partial charge in [0, 0.05) is 18.8 Å². The summed E-state index contributed by atoms with van der Waals surface area (Å²) in [7, 11) is 0. The summed E-state index contributed by atoms with van der Waals surface area (Å²) >= 11 is 0. The summed E-state index contributed by atoms with van der Waals surface area (Å²) in [4.78, 5) is 23.7. The Labute approximate surface area is 145 Å². The number of Topliss-reactive ketones (excluding diaryl/α,β-unsaturated/α-hetero) is 1. The normalized spacial score (nSPS) is 50.0. The molecular formula is C21H30O3. The second-order valence-corrected chi connectivity index (χ2v) is 9.18. The number of rotatable bonds is 1. The predicted octanol–water partition coefficient (Wildman–Crippen LogP) is 4.31. The molecule has 0 aromatic rings. The van der Waals surface area contributed by atoms with E-state index in [0.717, 1.165) is 25.7 Å². The van der Waals surface area contributed by atoms with Crippen molar-refractivity contribution in [2.75, 3.05) is 0 Å². The van der Waals surface area contributed by atoms with Gasteiger partial charge in [0.05, 0.1) is 0 Å². The Morgan fingerprint density at radius 1 is 1.17 bits per heavy atom. The average Bonchev–Trinajstić information content (AvgIpc) is 2.83. The van der Waals surface area contributed by atoms with Crippen LogP contribution in [0.3, 0.4) is 0 Å². The van der Waals surface area contributed by atoms with Crippen LogP contribution in [-0.2, 0) is 14.3 Å². The van der Waals surface area contributed by atoms with Crippen LogP contribution in [0, 0.1) is 34.5 Å². The highest BCUT2D eigenvalue weighted by Gasteiger charge is 2.59. The van der Waals surface area contributed by atoms with E-state index in [2.05, 4.69) is 26.0 Å². The van der Waals surface area contributed by atoms with Crippen LogP contribution in [0.1, 0.15) is 65.7 Å². The first-order chi connectivity index (χ1) is 11.3. The predicted molar refractivity (Wildman–Crippen MR) is 92.2 cm³/mol. The minimum Gasteiger partial charge on any atom is -0.458 e. The van der Waals surface area contributed by atoms with Gasteiger partial charge in [0.1, 0.15) is 11.9 Å². The molecule has 0 saturated heterocycles. The summed E-state index contributed by atoms with van der Waals surface area (Å²) in [6.45, 7) is 6.16. The number of hydrogen-bond donors (Lipinski definition) is 0. The highest BCUT2D eigenvalue weighted by atomic mass is 16.5. The van der Waals surface area contributed by atoms with Crippen LogP contribution < -0.4 is 0 Å². The van der Waals surface area contributed by atoms with Crippen molar-refractivity contribution in [1.29, 1.82) is 0 Å². The van der Waals surface area contributed by atoms with E-state index >= 15 is 0 Å². The summed E-state index contributed by atoms with van der Waals surface area (Å²) in [5.41, 5.74) is 0.176. The zero-order chi connectivity index (χ0) is 17.1. The number of carbonyl (C=O) groups excluding carboxylic acids is 2. The number of ketones is 1. The molecule has 3 nitrogen and oxygen atoms in total. The number of fused-ring (bicyclic) bond motifs is 5. The molecule has 7 atom stereocenters. The van der Waals surface area contributed by atoms with Gasteiger partial charge in [0.25, 0.3) is 0 Å². The van der Waals surface area contributed by atoms with Crippen molar-refractivity contribution in [2.45, 2.75) is 71.8 Å². The lowest BCUT2D eigenvalue weighted by Gasteiger charge is -2.58. The molecule has 3 fully saturated rings. The van der Waals surface area contributed by atoms with Gasteiger partial charge < -0.3 is 4.74 Å². The number of ether oxygens (including phenoxy) is 1. The lowest BCUT2D eigenvalue weighted by atomic mass is 9.46. The van der Waals surface area contributed by atoms with Crippen molar-refractivity contribution < 1.29 is 14.3 Å². The average molecular weight is 330 g/mol. The second kappa shape index (κ2) is 5.44. The molecule has 4 rings (SSSR count). The Morgan fingerprint density at radius 3 is 2.71 bits per heavy atom. The van der Waals surface area contributed by atoms with Crippen molar-refractivity contribution in [2.24, 2.45) is 34.5 Å². The molecule has 0 amide bonds. The molecule has 3 saturated carbocycles. The van der Waals surface area contributed by atoms with E-state index in [0.29, 0.717) is 29.5 Å². The maximum atomic E-state index is 12.5. The second-order valence-electron chi connectivity index (χ2n) is 9.18. The summed E-state index contributed by atoms with van der Waals surface area (Å²) < 4.78 is 5.45.